The van der Waals surface area contributed by atoms with Crippen LogP contribution in [0.4, 0.5) is 0 Å². The first-order valence-corrected chi connectivity index (χ1v) is 12.7. The van der Waals surface area contributed by atoms with Crippen LogP contribution in [0.3, 0.4) is 0 Å². The van der Waals surface area contributed by atoms with Gasteiger partial charge in [0.25, 0.3) is 0 Å². The van der Waals surface area contributed by atoms with E-state index in [9.17, 15) is 10.2 Å². The van der Waals surface area contributed by atoms with Gasteiger partial charge in [-0.1, -0.05) is 77.6 Å². The van der Waals surface area contributed by atoms with Gasteiger partial charge in [-0.05, 0) is 47.9 Å². The van der Waals surface area contributed by atoms with Gasteiger partial charge in [-0.2, -0.15) is 0 Å². The molecule has 8 heteroatoms. The summed E-state index contributed by atoms with van der Waals surface area (Å²) in [5.41, 5.74) is 2.36. The molecule has 1 saturated carbocycles. The molecule has 2 atom stereocenters. The molecule has 0 heterocycles. The number of rotatable bonds is 4. The number of nitrogens with zero attached hydrogens (tertiary/aromatic N) is 2. The molecule has 4 nitrogen and oxygen atoms in total. The fourth-order valence-electron chi connectivity index (χ4n) is 4.37. The van der Waals surface area contributed by atoms with Crippen molar-refractivity contribution in [2.45, 2.75) is 90.1 Å². The zero-order chi connectivity index (χ0) is 25.3. The molecule has 0 spiro atoms. The van der Waals surface area contributed by atoms with Crippen LogP contribution in [0.1, 0.15) is 89.5 Å². The van der Waals surface area contributed by atoms with Crippen LogP contribution >= 0.6 is 23.2 Å². The molecule has 36 heavy (non-hydrogen) atoms. The van der Waals surface area contributed by atoms with Crippen LogP contribution in [-0.2, 0) is 27.9 Å². The Kier molecular flexibility index (Phi) is 12.3. The molecule has 0 aliphatic heterocycles. The third-order valence-corrected chi connectivity index (χ3v) is 6.76. The SMILES string of the molecule is CC(C)(C)c1cc(Cl)cc(C=N[C@@H]2CCCC[C@H]2N=Cc2cc(Cl)cc(C(C)(C)C)c2O)c1O.[I-].[Mn]. The van der Waals surface area contributed by atoms with Gasteiger partial charge >= 0.3 is 0 Å². The first kappa shape index (κ1) is 33.2. The summed E-state index contributed by atoms with van der Waals surface area (Å²) in [7, 11) is 0. The second-order valence-corrected chi connectivity index (χ2v) is 12.1. The molecular weight excluding hydrogens is 649 g/mol. The molecule has 199 valence electrons. The van der Waals surface area contributed by atoms with Crippen LogP contribution < -0.4 is 24.0 Å². The zero-order valence-corrected chi connectivity index (χ0v) is 26.6. The Balaban J connectivity index is 0.00000324. The van der Waals surface area contributed by atoms with E-state index in [4.69, 9.17) is 33.2 Å². The van der Waals surface area contributed by atoms with E-state index < -0.39 is 0 Å². The van der Waals surface area contributed by atoms with E-state index in [0.717, 1.165) is 36.8 Å². The number of hydrogen-bond acceptors (Lipinski definition) is 4. The third-order valence-electron chi connectivity index (χ3n) is 6.33. The topological polar surface area (TPSA) is 65.2 Å². The van der Waals surface area contributed by atoms with E-state index in [1.165, 1.54) is 0 Å². The van der Waals surface area contributed by atoms with Crippen molar-refractivity contribution < 1.29 is 51.3 Å². The predicted octanol–water partition coefficient (Wildman–Crippen LogP) is 4.85. The number of benzene rings is 2. The maximum absolute atomic E-state index is 10.8. The van der Waals surface area contributed by atoms with Crippen molar-refractivity contribution in [2.24, 2.45) is 9.98 Å². The molecule has 2 N–H and O–H groups in total. The van der Waals surface area contributed by atoms with E-state index in [1.54, 1.807) is 24.6 Å². The predicted molar refractivity (Wildman–Crippen MR) is 145 cm³/mol. The van der Waals surface area contributed by atoms with Gasteiger partial charge in [-0.3, -0.25) is 9.98 Å². The van der Waals surface area contributed by atoms with E-state index in [-0.39, 0.29) is 75.5 Å². The van der Waals surface area contributed by atoms with Crippen molar-refractivity contribution in [3.05, 3.63) is 56.6 Å². The molecule has 0 aromatic heterocycles. The molecule has 1 fully saturated rings. The van der Waals surface area contributed by atoms with E-state index in [0.29, 0.717) is 21.2 Å². The van der Waals surface area contributed by atoms with Gasteiger partial charge in [0.1, 0.15) is 11.5 Å². The quantitative estimate of drug-likeness (QED) is 0.275. The molecule has 0 saturated heterocycles. The summed E-state index contributed by atoms with van der Waals surface area (Å²) in [4.78, 5) is 9.65. The molecular formula is C28H36Cl2IMnN2O2-. The van der Waals surface area contributed by atoms with Crippen molar-refractivity contribution in [3.8, 4) is 11.5 Å². The largest absolute Gasteiger partial charge is 1.00 e. The summed E-state index contributed by atoms with van der Waals surface area (Å²) in [6.45, 7) is 12.3. The third kappa shape index (κ3) is 8.36. The summed E-state index contributed by atoms with van der Waals surface area (Å²) < 4.78 is 0. The van der Waals surface area contributed by atoms with Gasteiger partial charge in [-0.25, -0.2) is 0 Å². The molecule has 0 bridgehead atoms. The standard InChI is InChI=1S/C28H36Cl2N2O2.HI.Mn/c1-27(2,3)21-13-19(29)11-17(25(21)33)15-31-23-9-7-8-10-24(23)32-16-18-12-20(30)14-22(26(18)34)28(4,5)6;;/h11-16,23-24,33-34H,7-10H2,1-6H3;1H;/p-1/t23-,24-;;/m1../s1. The van der Waals surface area contributed by atoms with E-state index >= 15 is 0 Å². The van der Waals surface area contributed by atoms with Gasteiger partial charge in [0, 0.05) is 61.8 Å². The van der Waals surface area contributed by atoms with Crippen LogP contribution in [0, 0.1) is 0 Å². The van der Waals surface area contributed by atoms with Gasteiger partial charge in [0.15, 0.2) is 0 Å². The van der Waals surface area contributed by atoms with Gasteiger partial charge in [-0.15, -0.1) is 0 Å². The Bertz CT molecular complexity index is 1020. The molecule has 1 aliphatic rings. The minimum Gasteiger partial charge on any atom is -1.00 e. The van der Waals surface area contributed by atoms with Crippen molar-refractivity contribution in [3.63, 3.8) is 0 Å². The number of halogens is 3. The summed E-state index contributed by atoms with van der Waals surface area (Å²) >= 11 is 12.7. The smallest absolute Gasteiger partial charge is 0.128 e. The maximum atomic E-state index is 10.8. The van der Waals surface area contributed by atoms with Crippen LogP contribution in [0.25, 0.3) is 0 Å². The zero-order valence-electron chi connectivity index (χ0n) is 21.7. The van der Waals surface area contributed by atoms with Crippen LogP contribution in [0.5, 0.6) is 11.5 Å². The van der Waals surface area contributed by atoms with Gasteiger partial charge in [0.2, 0.25) is 0 Å². The van der Waals surface area contributed by atoms with Crippen LogP contribution in [-0.4, -0.2) is 34.7 Å². The Morgan fingerprint density at radius 2 is 1.06 bits per heavy atom. The second kappa shape index (κ2) is 13.3. The average Bonchev–Trinajstić information content (AvgIpc) is 2.73. The molecule has 2 aromatic rings. The van der Waals surface area contributed by atoms with Crippen molar-refractivity contribution in [1.82, 2.24) is 0 Å². The first-order chi connectivity index (χ1) is 15.8. The molecule has 0 amide bonds. The molecule has 0 unspecified atom stereocenters. The molecule has 1 radical (unpaired) electrons. The summed E-state index contributed by atoms with van der Waals surface area (Å²) in [6, 6.07) is 7.09. The van der Waals surface area contributed by atoms with Gasteiger partial charge in [0.05, 0.1) is 12.1 Å². The monoisotopic (exact) mass is 684 g/mol. The van der Waals surface area contributed by atoms with Crippen LogP contribution in [0.15, 0.2) is 34.3 Å². The summed E-state index contributed by atoms with van der Waals surface area (Å²) in [5, 5.41) is 22.8. The Hall–Kier alpha value is -0.791. The fraction of sp³-hybridized carbons (Fsp3) is 0.500. The normalized spacial score (nSPS) is 18.8. The molecule has 3 rings (SSSR count). The minimum absolute atomic E-state index is 0. The summed E-state index contributed by atoms with van der Waals surface area (Å²) in [6.07, 6.45) is 7.45. The van der Waals surface area contributed by atoms with Crippen molar-refractivity contribution in [1.29, 1.82) is 0 Å². The number of hydrogen-bond donors (Lipinski definition) is 2. The fourth-order valence-corrected chi connectivity index (χ4v) is 4.83. The molecule has 1 aliphatic carbocycles. The summed E-state index contributed by atoms with van der Waals surface area (Å²) in [5.74, 6) is 0.435. The van der Waals surface area contributed by atoms with E-state index in [1.807, 2.05) is 53.7 Å². The minimum atomic E-state index is -0.236. The Morgan fingerprint density at radius 3 is 1.36 bits per heavy atom. The number of phenolic OH excluding ortho intramolecular Hbond substituents is 2. The Morgan fingerprint density at radius 1 is 0.722 bits per heavy atom. The number of aliphatic imine (C=N–C) groups is 2. The van der Waals surface area contributed by atoms with Crippen molar-refractivity contribution >= 4 is 35.6 Å². The maximum Gasteiger partial charge on any atom is 0.128 e. The average molecular weight is 685 g/mol. The van der Waals surface area contributed by atoms with E-state index in [2.05, 4.69) is 0 Å². The second-order valence-electron chi connectivity index (χ2n) is 11.3. The molecule has 2 aromatic carbocycles. The number of aromatic hydroxyl groups is 2. The first-order valence-electron chi connectivity index (χ1n) is 11.9. The van der Waals surface area contributed by atoms with Crippen molar-refractivity contribution in [2.75, 3.05) is 0 Å². The number of phenols is 2. The Labute approximate surface area is 253 Å². The van der Waals surface area contributed by atoms with Crippen LogP contribution in [0.2, 0.25) is 10.0 Å². The van der Waals surface area contributed by atoms with Gasteiger partial charge < -0.3 is 34.2 Å².